The van der Waals surface area contributed by atoms with Crippen LogP contribution in [0.1, 0.15) is 31.0 Å². The maximum atomic E-state index is 11.7. The van der Waals surface area contributed by atoms with E-state index < -0.39 is 0 Å². The molecular formula is C14H15N3O2. The molecule has 98 valence electrons. The molecule has 0 N–H and O–H groups in total. The van der Waals surface area contributed by atoms with Gasteiger partial charge in [0.15, 0.2) is 0 Å². The van der Waals surface area contributed by atoms with Crippen molar-refractivity contribution in [2.24, 2.45) is 4.99 Å². The highest BCUT2D eigenvalue weighted by atomic mass is 16.2. The number of benzene rings is 1. The zero-order valence-electron chi connectivity index (χ0n) is 10.7. The number of carbonyl (C=O) groups excluding carboxylic acids is 2. The summed E-state index contributed by atoms with van der Waals surface area (Å²) in [5.41, 5.74) is 1.51. The Bertz CT molecular complexity index is 629. The monoisotopic (exact) mass is 257 g/mol. The van der Waals surface area contributed by atoms with E-state index in [2.05, 4.69) is 9.98 Å². The third kappa shape index (κ3) is 2.93. The predicted molar refractivity (Wildman–Crippen MR) is 74.1 cm³/mol. The molecule has 0 radical (unpaired) electrons. The van der Waals surface area contributed by atoms with E-state index in [0.717, 1.165) is 23.7 Å². The number of para-hydroxylation sites is 2. The number of nitrogens with zero attached hydrogens (tertiary/aromatic N) is 3. The zero-order valence-corrected chi connectivity index (χ0v) is 10.7. The summed E-state index contributed by atoms with van der Waals surface area (Å²) in [5.74, 6) is 0.272. The van der Waals surface area contributed by atoms with Gasteiger partial charge in [-0.3, -0.25) is 4.79 Å². The molecular weight excluding hydrogens is 242 g/mol. The van der Waals surface area contributed by atoms with Crippen LogP contribution in [0.4, 0.5) is 5.95 Å². The average molecular weight is 257 g/mol. The number of aliphatic imine (C=N–C) groups is 1. The van der Waals surface area contributed by atoms with Gasteiger partial charge in [-0.25, -0.2) is 14.5 Å². The van der Waals surface area contributed by atoms with Crippen LogP contribution in [0.25, 0.3) is 11.0 Å². The molecule has 0 spiro atoms. The maximum absolute atomic E-state index is 11.7. The molecule has 0 aliphatic heterocycles. The second-order valence-corrected chi connectivity index (χ2v) is 4.16. The van der Waals surface area contributed by atoms with Gasteiger partial charge in [0.25, 0.3) is 0 Å². The smallest absolute Gasteiger partial charge is 0.237 e. The van der Waals surface area contributed by atoms with Crippen LogP contribution in [0.2, 0.25) is 0 Å². The number of fused-ring (bicyclic) bond motifs is 1. The number of hydrogen-bond donors (Lipinski definition) is 0. The van der Waals surface area contributed by atoms with Gasteiger partial charge < -0.3 is 4.79 Å². The summed E-state index contributed by atoms with van der Waals surface area (Å²) in [6, 6.07) is 7.42. The molecule has 19 heavy (non-hydrogen) atoms. The van der Waals surface area contributed by atoms with Gasteiger partial charge in [0.2, 0.25) is 11.9 Å². The minimum absolute atomic E-state index is 0.117. The highest BCUT2D eigenvalue weighted by Gasteiger charge is 2.11. The first-order valence-electron chi connectivity index (χ1n) is 6.18. The third-order valence-corrected chi connectivity index (χ3v) is 2.72. The molecule has 0 saturated carbocycles. The summed E-state index contributed by atoms with van der Waals surface area (Å²) in [6.07, 6.45) is 4.56. The molecule has 2 rings (SSSR count). The van der Waals surface area contributed by atoms with Crippen molar-refractivity contribution >= 4 is 35.4 Å². The first-order chi connectivity index (χ1) is 9.24. The predicted octanol–water partition coefficient (Wildman–Crippen LogP) is 2.77. The van der Waals surface area contributed by atoms with Crippen molar-refractivity contribution in [3.8, 4) is 0 Å². The normalized spacial score (nSPS) is 11.2. The second kappa shape index (κ2) is 6.04. The van der Waals surface area contributed by atoms with Crippen molar-refractivity contribution in [2.75, 3.05) is 0 Å². The number of carbonyl (C=O) groups is 2. The lowest BCUT2D eigenvalue weighted by Gasteiger charge is -1.99. The highest BCUT2D eigenvalue weighted by Crippen LogP contribution is 2.21. The molecule has 2 aromatic rings. The lowest BCUT2D eigenvalue weighted by molar-refractivity contribution is -0.107. The second-order valence-electron chi connectivity index (χ2n) is 4.16. The SMILES string of the molecule is CC(=O)n1c(/N=C/CCCC=O)nc2ccccc21. The number of rotatable bonds is 5. The standard InChI is InChI=1S/C14H15N3O2/c1-11(19)17-13-8-4-3-7-12(13)16-14(17)15-9-5-2-6-10-18/h3-4,7-10H,2,5-6H2,1H3/b15-9+. The van der Waals surface area contributed by atoms with Crippen LogP contribution in [0.15, 0.2) is 29.3 Å². The van der Waals surface area contributed by atoms with Crippen molar-refractivity contribution in [3.05, 3.63) is 24.3 Å². The first-order valence-corrected chi connectivity index (χ1v) is 6.18. The van der Waals surface area contributed by atoms with E-state index in [1.54, 1.807) is 6.21 Å². The van der Waals surface area contributed by atoms with Crippen molar-refractivity contribution in [2.45, 2.75) is 26.2 Å². The summed E-state index contributed by atoms with van der Waals surface area (Å²) in [7, 11) is 0. The Morgan fingerprint density at radius 1 is 1.37 bits per heavy atom. The summed E-state index contributed by atoms with van der Waals surface area (Å²) in [4.78, 5) is 30.4. The zero-order chi connectivity index (χ0) is 13.7. The van der Waals surface area contributed by atoms with Gasteiger partial charge in [0.1, 0.15) is 6.29 Å². The van der Waals surface area contributed by atoms with E-state index in [4.69, 9.17) is 0 Å². The number of imidazole rings is 1. The molecule has 5 nitrogen and oxygen atoms in total. The molecule has 0 saturated heterocycles. The molecule has 1 aromatic heterocycles. The number of hydrogen-bond acceptors (Lipinski definition) is 4. The van der Waals surface area contributed by atoms with Crippen molar-refractivity contribution < 1.29 is 9.59 Å². The molecule has 5 heteroatoms. The quantitative estimate of drug-likeness (QED) is 0.470. The van der Waals surface area contributed by atoms with Gasteiger partial charge in [-0.15, -0.1) is 0 Å². The van der Waals surface area contributed by atoms with Crippen LogP contribution >= 0.6 is 0 Å². The molecule has 0 aliphatic carbocycles. The Hall–Kier alpha value is -2.30. The Morgan fingerprint density at radius 3 is 2.89 bits per heavy atom. The summed E-state index contributed by atoms with van der Waals surface area (Å²) < 4.78 is 1.49. The van der Waals surface area contributed by atoms with Gasteiger partial charge in [-0.2, -0.15) is 0 Å². The van der Waals surface area contributed by atoms with E-state index >= 15 is 0 Å². The van der Waals surface area contributed by atoms with Crippen LogP contribution < -0.4 is 0 Å². The summed E-state index contributed by atoms with van der Waals surface area (Å²) in [6.45, 7) is 1.49. The van der Waals surface area contributed by atoms with E-state index in [-0.39, 0.29) is 5.91 Å². The first kappa shape index (κ1) is 13.1. The van der Waals surface area contributed by atoms with Crippen molar-refractivity contribution in [1.29, 1.82) is 0 Å². The van der Waals surface area contributed by atoms with Gasteiger partial charge in [-0.05, 0) is 25.0 Å². The fraction of sp³-hybridized carbons (Fsp3) is 0.286. The molecule has 1 heterocycles. The Balaban J connectivity index is 2.29. The third-order valence-electron chi connectivity index (χ3n) is 2.72. The van der Waals surface area contributed by atoms with Gasteiger partial charge >= 0.3 is 0 Å². The highest BCUT2D eigenvalue weighted by molar-refractivity contribution is 5.92. The lowest BCUT2D eigenvalue weighted by atomic mass is 10.3. The van der Waals surface area contributed by atoms with Crippen molar-refractivity contribution in [1.82, 2.24) is 9.55 Å². The average Bonchev–Trinajstić information content (AvgIpc) is 2.76. The fourth-order valence-corrected chi connectivity index (χ4v) is 1.85. The number of aldehydes is 1. The van der Waals surface area contributed by atoms with Crippen LogP contribution in [0, 0.1) is 0 Å². The molecule has 0 fully saturated rings. The lowest BCUT2D eigenvalue weighted by Crippen LogP contribution is -2.04. The van der Waals surface area contributed by atoms with Gasteiger partial charge in [-0.1, -0.05) is 12.1 Å². The van der Waals surface area contributed by atoms with Gasteiger partial charge in [0.05, 0.1) is 11.0 Å². The summed E-state index contributed by atoms with van der Waals surface area (Å²) >= 11 is 0. The minimum Gasteiger partial charge on any atom is -0.303 e. The molecule has 0 unspecified atom stereocenters. The Morgan fingerprint density at radius 2 is 2.16 bits per heavy atom. The van der Waals surface area contributed by atoms with E-state index in [1.807, 2.05) is 24.3 Å². The van der Waals surface area contributed by atoms with Crippen molar-refractivity contribution in [3.63, 3.8) is 0 Å². The van der Waals surface area contributed by atoms with Crippen LogP contribution in [-0.4, -0.2) is 28.0 Å². The van der Waals surface area contributed by atoms with Crippen LogP contribution in [0.3, 0.4) is 0 Å². The van der Waals surface area contributed by atoms with E-state index in [0.29, 0.717) is 18.8 Å². The molecule has 0 bridgehead atoms. The molecule has 1 aromatic carbocycles. The fourth-order valence-electron chi connectivity index (χ4n) is 1.85. The molecule has 0 amide bonds. The summed E-state index contributed by atoms with van der Waals surface area (Å²) in [5, 5.41) is 0. The Kier molecular flexibility index (Phi) is 4.18. The van der Waals surface area contributed by atoms with Crippen LogP contribution in [0.5, 0.6) is 0 Å². The number of aromatic nitrogens is 2. The maximum Gasteiger partial charge on any atom is 0.237 e. The Labute approximate surface area is 111 Å². The molecule has 0 atom stereocenters. The topological polar surface area (TPSA) is 64.3 Å². The van der Waals surface area contributed by atoms with E-state index in [9.17, 15) is 9.59 Å². The molecule has 0 aliphatic rings. The van der Waals surface area contributed by atoms with E-state index in [1.165, 1.54) is 11.5 Å². The largest absolute Gasteiger partial charge is 0.303 e. The number of unbranched alkanes of at least 4 members (excludes halogenated alkanes) is 2. The minimum atomic E-state index is -0.117. The van der Waals surface area contributed by atoms with Crippen LogP contribution in [-0.2, 0) is 4.79 Å². The van der Waals surface area contributed by atoms with Gasteiger partial charge in [0, 0.05) is 19.6 Å².